The molecule has 3 aromatic rings. The third-order valence-corrected chi connectivity index (χ3v) is 8.90. The lowest BCUT2D eigenvalue weighted by molar-refractivity contribution is -0.120. The van der Waals surface area contributed by atoms with Gasteiger partial charge in [-0.2, -0.15) is 4.31 Å². The van der Waals surface area contributed by atoms with Gasteiger partial charge >= 0.3 is 0 Å². The highest BCUT2D eigenvalue weighted by Crippen LogP contribution is 2.30. The standard InChI is InChI=1S/C23H28N4O4S2/c1-14(2)17-5-7-18(8-6-17)20-13-32-23(24-20)25-22(28)19-9-11-27(12-10-19)33(29,30)21-15(3)26-31-16(21)4/h5-8,13-14,19H,9-12H2,1-4H3,(H,24,25,28). The van der Waals surface area contributed by atoms with Crippen LogP contribution in [0.15, 0.2) is 39.1 Å². The molecule has 33 heavy (non-hydrogen) atoms. The molecule has 3 heterocycles. The molecule has 2 aromatic heterocycles. The lowest BCUT2D eigenvalue weighted by Crippen LogP contribution is -2.41. The Kier molecular flexibility index (Phi) is 6.69. The number of hydrogen-bond donors (Lipinski definition) is 1. The second kappa shape index (κ2) is 9.36. The zero-order valence-electron chi connectivity index (χ0n) is 19.2. The molecule has 1 aliphatic heterocycles. The first kappa shape index (κ1) is 23.6. The van der Waals surface area contributed by atoms with Crippen LogP contribution in [0.5, 0.6) is 0 Å². The van der Waals surface area contributed by atoms with Crippen molar-refractivity contribution in [2.75, 3.05) is 18.4 Å². The van der Waals surface area contributed by atoms with E-state index in [9.17, 15) is 13.2 Å². The van der Waals surface area contributed by atoms with E-state index >= 15 is 0 Å². The van der Waals surface area contributed by atoms with Crippen molar-refractivity contribution in [1.82, 2.24) is 14.4 Å². The van der Waals surface area contributed by atoms with Crippen LogP contribution >= 0.6 is 11.3 Å². The summed E-state index contributed by atoms with van der Waals surface area (Å²) in [5.74, 6) is 0.361. The van der Waals surface area contributed by atoms with Crippen molar-refractivity contribution in [3.05, 3.63) is 46.7 Å². The average molecular weight is 489 g/mol. The number of anilines is 1. The van der Waals surface area contributed by atoms with Gasteiger partial charge in [-0.1, -0.05) is 43.3 Å². The van der Waals surface area contributed by atoms with Gasteiger partial charge in [0, 0.05) is 30.0 Å². The minimum atomic E-state index is -3.69. The molecule has 4 rings (SSSR count). The lowest BCUT2D eigenvalue weighted by Gasteiger charge is -2.30. The molecule has 0 bridgehead atoms. The number of rotatable bonds is 6. The molecular weight excluding hydrogens is 460 g/mol. The van der Waals surface area contributed by atoms with Gasteiger partial charge in [-0.05, 0) is 38.2 Å². The number of amides is 1. The van der Waals surface area contributed by atoms with Crippen molar-refractivity contribution in [3.8, 4) is 11.3 Å². The maximum Gasteiger partial charge on any atom is 0.248 e. The van der Waals surface area contributed by atoms with Crippen molar-refractivity contribution >= 4 is 32.4 Å². The summed E-state index contributed by atoms with van der Waals surface area (Å²) in [7, 11) is -3.69. The van der Waals surface area contributed by atoms with Gasteiger partial charge in [0.25, 0.3) is 0 Å². The van der Waals surface area contributed by atoms with Gasteiger partial charge in [-0.15, -0.1) is 11.3 Å². The molecule has 1 fully saturated rings. The van der Waals surface area contributed by atoms with Crippen LogP contribution in [0.1, 0.15) is 49.6 Å². The van der Waals surface area contributed by atoms with E-state index in [0.29, 0.717) is 29.6 Å². The van der Waals surface area contributed by atoms with E-state index in [2.05, 4.69) is 41.4 Å². The van der Waals surface area contributed by atoms with Crippen LogP contribution in [-0.2, 0) is 14.8 Å². The van der Waals surface area contributed by atoms with Crippen molar-refractivity contribution in [2.24, 2.45) is 5.92 Å². The molecule has 176 valence electrons. The van der Waals surface area contributed by atoms with E-state index in [1.165, 1.54) is 21.2 Å². The van der Waals surface area contributed by atoms with Crippen molar-refractivity contribution in [1.29, 1.82) is 0 Å². The van der Waals surface area contributed by atoms with Crippen LogP contribution in [0.2, 0.25) is 0 Å². The van der Waals surface area contributed by atoms with Crippen LogP contribution in [0, 0.1) is 19.8 Å². The van der Waals surface area contributed by atoms with E-state index in [1.54, 1.807) is 13.8 Å². The smallest absolute Gasteiger partial charge is 0.248 e. The molecule has 0 spiro atoms. The molecule has 1 aliphatic rings. The summed E-state index contributed by atoms with van der Waals surface area (Å²) in [6.07, 6.45) is 0.896. The molecule has 0 unspecified atom stereocenters. The molecule has 1 aromatic carbocycles. The fraction of sp³-hybridized carbons (Fsp3) is 0.435. The van der Waals surface area contributed by atoms with Crippen LogP contribution < -0.4 is 5.32 Å². The van der Waals surface area contributed by atoms with Gasteiger partial charge in [0.15, 0.2) is 10.9 Å². The van der Waals surface area contributed by atoms with Crippen LogP contribution in [0.4, 0.5) is 5.13 Å². The monoisotopic (exact) mass is 488 g/mol. The van der Waals surface area contributed by atoms with Gasteiger partial charge in [0.05, 0.1) is 5.69 Å². The lowest BCUT2D eigenvalue weighted by atomic mass is 9.97. The Bertz CT molecular complexity index is 1220. The van der Waals surface area contributed by atoms with E-state index in [0.717, 1.165) is 11.3 Å². The molecule has 0 saturated carbocycles. The zero-order valence-corrected chi connectivity index (χ0v) is 20.8. The molecule has 10 heteroatoms. The summed E-state index contributed by atoms with van der Waals surface area (Å²) in [4.78, 5) is 17.5. The SMILES string of the molecule is Cc1noc(C)c1S(=O)(=O)N1CCC(C(=O)Nc2nc(-c3ccc(C(C)C)cc3)cs2)CC1. The minimum Gasteiger partial charge on any atom is -0.360 e. The summed E-state index contributed by atoms with van der Waals surface area (Å²) in [6, 6.07) is 8.29. The number of carbonyl (C=O) groups excluding carboxylic acids is 1. The first-order valence-corrected chi connectivity index (χ1v) is 13.3. The Morgan fingerprint density at radius 1 is 1.18 bits per heavy atom. The Morgan fingerprint density at radius 2 is 1.85 bits per heavy atom. The number of nitrogens with one attached hydrogen (secondary N) is 1. The van der Waals surface area contributed by atoms with E-state index < -0.39 is 10.0 Å². The number of sulfonamides is 1. The molecule has 1 saturated heterocycles. The number of aryl methyl sites for hydroxylation is 2. The first-order valence-electron chi connectivity index (χ1n) is 11.0. The molecule has 0 atom stereocenters. The van der Waals surface area contributed by atoms with Gasteiger partial charge in [-0.3, -0.25) is 4.79 Å². The Hall–Kier alpha value is -2.56. The second-order valence-corrected chi connectivity index (χ2v) is 11.4. The van der Waals surface area contributed by atoms with Crippen molar-refractivity contribution < 1.29 is 17.7 Å². The summed E-state index contributed by atoms with van der Waals surface area (Å²) in [6.45, 7) is 8.06. The maximum absolute atomic E-state index is 13.0. The van der Waals surface area contributed by atoms with Crippen molar-refractivity contribution in [2.45, 2.75) is 51.3 Å². The normalized spacial score (nSPS) is 15.8. The minimum absolute atomic E-state index is 0.125. The van der Waals surface area contributed by atoms with E-state index in [-0.39, 0.29) is 35.6 Å². The molecule has 1 N–H and O–H groups in total. The topological polar surface area (TPSA) is 105 Å². The number of aromatic nitrogens is 2. The fourth-order valence-electron chi connectivity index (χ4n) is 4.04. The predicted octanol–water partition coefficient (Wildman–Crippen LogP) is 4.58. The average Bonchev–Trinajstić information content (AvgIpc) is 3.40. The van der Waals surface area contributed by atoms with E-state index in [1.807, 2.05) is 17.5 Å². The number of piperidine rings is 1. The second-order valence-electron chi connectivity index (χ2n) is 8.64. The number of nitrogens with zero attached hydrogens (tertiary/aromatic N) is 3. The highest BCUT2D eigenvalue weighted by molar-refractivity contribution is 7.89. The third kappa shape index (κ3) is 4.87. The number of hydrogen-bond acceptors (Lipinski definition) is 7. The zero-order chi connectivity index (χ0) is 23.8. The molecule has 0 radical (unpaired) electrons. The Labute approximate surface area is 198 Å². The molecular formula is C23H28N4O4S2. The van der Waals surface area contributed by atoms with Gasteiger partial charge < -0.3 is 9.84 Å². The number of thiazole rings is 1. The van der Waals surface area contributed by atoms with Crippen molar-refractivity contribution in [3.63, 3.8) is 0 Å². The maximum atomic E-state index is 13.0. The Balaban J connectivity index is 1.36. The first-order chi connectivity index (χ1) is 15.7. The largest absolute Gasteiger partial charge is 0.360 e. The molecule has 8 nitrogen and oxygen atoms in total. The van der Waals surface area contributed by atoms with Gasteiger partial charge in [-0.25, -0.2) is 13.4 Å². The summed E-state index contributed by atoms with van der Waals surface area (Å²) < 4.78 is 32.4. The summed E-state index contributed by atoms with van der Waals surface area (Å²) in [5.41, 5.74) is 3.45. The quantitative estimate of drug-likeness (QED) is 0.545. The summed E-state index contributed by atoms with van der Waals surface area (Å²) in [5, 5.41) is 9.14. The predicted molar refractivity (Wildman–Crippen MR) is 128 cm³/mol. The van der Waals surface area contributed by atoms with Gasteiger partial charge in [0.2, 0.25) is 15.9 Å². The molecule has 0 aliphatic carbocycles. The molecule has 1 amide bonds. The fourth-order valence-corrected chi connectivity index (χ4v) is 6.52. The highest BCUT2D eigenvalue weighted by atomic mass is 32.2. The van der Waals surface area contributed by atoms with Gasteiger partial charge in [0.1, 0.15) is 10.6 Å². The van der Waals surface area contributed by atoms with Crippen LogP contribution in [-0.4, -0.2) is 41.9 Å². The van der Waals surface area contributed by atoms with E-state index in [4.69, 9.17) is 4.52 Å². The highest BCUT2D eigenvalue weighted by Gasteiger charge is 2.35. The van der Waals surface area contributed by atoms with Crippen LogP contribution in [0.3, 0.4) is 0 Å². The summed E-state index contributed by atoms with van der Waals surface area (Å²) >= 11 is 1.39. The number of carbonyl (C=O) groups is 1. The third-order valence-electron chi connectivity index (χ3n) is 6.00. The number of benzene rings is 1. The van der Waals surface area contributed by atoms with Crippen LogP contribution in [0.25, 0.3) is 11.3 Å². The Morgan fingerprint density at radius 3 is 2.42 bits per heavy atom.